The molecule has 210 valence electrons. The summed E-state index contributed by atoms with van der Waals surface area (Å²) in [6, 6.07) is 20.4. The van der Waals surface area contributed by atoms with E-state index < -0.39 is 0 Å². The highest BCUT2D eigenvalue weighted by Gasteiger charge is 2.22. The normalized spacial score (nSPS) is 15.6. The third kappa shape index (κ3) is 6.77. The molecule has 0 unspecified atom stereocenters. The highest BCUT2D eigenvalue weighted by atomic mass is 35.5. The van der Waals surface area contributed by atoms with Crippen LogP contribution in [0.3, 0.4) is 0 Å². The first kappa shape index (κ1) is 28.0. The second-order valence-electron chi connectivity index (χ2n) is 10.0. The van der Waals surface area contributed by atoms with Gasteiger partial charge in [0.05, 0.1) is 24.6 Å². The molecule has 0 atom stereocenters. The van der Waals surface area contributed by atoms with E-state index >= 15 is 0 Å². The highest BCUT2D eigenvalue weighted by Crippen LogP contribution is 2.36. The lowest BCUT2D eigenvalue weighted by atomic mass is 9.98. The zero-order valence-corrected chi connectivity index (χ0v) is 24.0. The maximum Gasteiger partial charge on any atom is 0.246 e. The number of ether oxygens (including phenoxy) is 2. The Kier molecular flexibility index (Phi) is 9.24. The molecular formula is C32H37ClN4O3. The summed E-state index contributed by atoms with van der Waals surface area (Å²) in [4.78, 5) is 22.0. The molecule has 2 aliphatic heterocycles. The van der Waals surface area contributed by atoms with Crippen LogP contribution >= 0.6 is 11.6 Å². The Morgan fingerprint density at radius 1 is 0.925 bits per heavy atom. The van der Waals surface area contributed by atoms with Crippen molar-refractivity contribution in [1.29, 1.82) is 0 Å². The van der Waals surface area contributed by atoms with Gasteiger partial charge < -0.3 is 19.7 Å². The first-order valence-electron chi connectivity index (χ1n) is 14.1. The number of rotatable bonds is 10. The lowest BCUT2D eigenvalue weighted by molar-refractivity contribution is -0.114. The summed E-state index contributed by atoms with van der Waals surface area (Å²) in [5.41, 5.74) is 5.78. The molecular weight excluding hydrogens is 524 g/mol. The van der Waals surface area contributed by atoms with E-state index in [1.807, 2.05) is 44.2 Å². The minimum Gasteiger partial charge on any atom is -0.490 e. The van der Waals surface area contributed by atoms with Gasteiger partial charge in [0, 0.05) is 54.1 Å². The Labute approximate surface area is 241 Å². The van der Waals surface area contributed by atoms with Crippen molar-refractivity contribution in [3.05, 3.63) is 82.4 Å². The fourth-order valence-electron chi connectivity index (χ4n) is 5.31. The van der Waals surface area contributed by atoms with Crippen LogP contribution in [-0.4, -0.2) is 69.0 Å². The largest absolute Gasteiger partial charge is 0.490 e. The summed E-state index contributed by atoms with van der Waals surface area (Å²) in [5.74, 6) is 1.12. The zero-order chi connectivity index (χ0) is 27.9. The molecule has 1 N–H and O–H groups in total. The van der Waals surface area contributed by atoms with Crippen molar-refractivity contribution in [3.63, 3.8) is 0 Å². The fraction of sp³-hybridized carbons (Fsp3) is 0.375. The van der Waals surface area contributed by atoms with Gasteiger partial charge in [-0.3, -0.25) is 14.7 Å². The minimum absolute atomic E-state index is 0.0737. The number of benzodiazepines with no additional fused rings is 1. The molecule has 1 saturated heterocycles. The maximum absolute atomic E-state index is 12.4. The van der Waals surface area contributed by atoms with Crippen LogP contribution in [0.15, 0.2) is 65.7 Å². The maximum atomic E-state index is 12.4. The minimum atomic E-state index is -0.145. The number of carbonyl (C=O) groups is 1. The molecule has 40 heavy (non-hydrogen) atoms. The van der Waals surface area contributed by atoms with E-state index in [0.29, 0.717) is 30.4 Å². The average Bonchev–Trinajstić information content (AvgIpc) is 3.12. The van der Waals surface area contributed by atoms with Crippen molar-refractivity contribution in [3.8, 4) is 11.5 Å². The van der Waals surface area contributed by atoms with Crippen LogP contribution in [0, 0.1) is 0 Å². The van der Waals surface area contributed by atoms with E-state index in [9.17, 15) is 4.79 Å². The van der Waals surface area contributed by atoms with Gasteiger partial charge in [0.15, 0.2) is 11.5 Å². The van der Waals surface area contributed by atoms with Crippen LogP contribution in [0.5, 0.6) is 11.5 Å². The number of hydrogen-bond donors (Lipinski definition) is 1. The van der Waals surface area contributed by atoms with E-state index in [2.05, 4.69) is 50.4 Å². The van der Waals surface area contributed by atoms with Crippen molar-refractivity contribution >= 4 is 34.6 Å². The molecule has 2 aliphatic rings. The summed E-state index contributed by atoms with van der Waals surface area (Å²) in [6.45, 7) is 10.2. The van der Waals surface area contributed by atoms with Crippen LogP contribution in [0.1, 0.15) is 37.0 Å². The molecule has 0 radical (unpaired) electrons. The SMILES string of the molecule is CCOc1cc2c(cc1OCC)C(c1ccc(CCCN3CCN(c4cccc(Cl)c4)CC3)cc1)=NCC(=O)N2. The monoisotopic (exact) mass is 560 g/mol. The van der Waals surface area contributed by atoms with Gasteiger partial charge >= 0.3 is 0 Å². The summed E-state index contributed by atoms with van der Waals surface area (Å²) in [6.07, 6.45) is 2.13. The zero-order valence-electron chi connectivity index (χ0n) is 23.3. The topological polar surface area (TPSA) is 66.4 Å². The third-order valence-electron chi connectivity index (χ3n) is 7.31. The smallest absolute Gasteiger partial charge is 0.246 e. The number of nitrogens with one attached hydrogen (secondary N) is 1. The number of aryl methyl sites for hydroxylation is 1. The highest BCUT2D eigenvalue weighted by molar-refractivity contribution is 6.30. The molecule has 1 amide bonds. The van der Waals surface area contributed by atoms with Crippen LogP contribution in [0.25, 0.3) is 0 Å². The van der Waals surface area contributed by atoms with Gasteiger partial charge in [-0.15, -0.1) is 0 Å². The van der Waals surface area contributed by atoms with Gasteiger partial charge in [0.25, 0.3) is 0 Å². The Hall–Kier alpha value is -3.55. The first-order valence-corrected chi connectivity index (χ1v) is 14.5. The molecule has 7 nitrogen and oxygen atoms in total. The number of amides is 1. The first-order chi connectivity index (χ1) is 19.5. The number of anilines is 2. The number of piperazine rings is 1. The van der Waals surface area contributed by atoms with Crippen LogP contribution in [-0.2, 0) is 11.2 Å². The molecule has 0 spiro atoms. The molecule has 0 saturated carbocycles. The second-order valence-corrected chi connectivity index (χ2v) is 10.5. The lowest BCUT2D eigenvalue weighted by Crippen LogP contribution is -2.46. The van der Waals surface area contributed by atoms with Gasteiger partial charge in [-0.2, -0.15) is 0 Å². The fourth-order valence-corrected chi connectivity index (χ4v) is 5.49. The molecule has 0 aromatic heterocycles. The molecule has 8 heteroatoms. The molecule has 0 aliphatic carbocycles. The average molecular weight is 561 g/mol. The number of aliphatic imine (C=N–C) groups is 1. The van der Waals surface area contributed by atoms with E-state index in [4.69, 9.17) is 21.1 Å². The van der Waals surface area contributed by atoms with E-state index in [0.717, 1.165) is 67.4 Å². The predicted molar refractivity (Wildman–Crippen MR) is 163 cm³/mol. The van der Waals surface area contributed by atoms with Crippen LogP contribution < -0.4 is 19.7 Å². The Balaban J connectivity index is 1.20. The van der Waals surface area contributed by atoms with Gasteiger partial charge in [-0.05, 0) is 63.1 Å². The van der Waals surface area contributed by atoms with Gasteiger partial charge in [0.2, 0.25) is 5.91 Å². The molecule has 5 rings (SSSR count). The van der Waals surface area contributed by atoms with Crippen molar-refractivity contribution in [2.45, 2.75) is 26.7 Å². The van der Waals surface area contributed by atoms with Gasteiger partial charge in [-0.25, -0.2) is 0 Å². The number of hydrogen-bond acceptors (Lipinski definition) is 6. The number of halogens is 1. The van der Waals surface area contributed by atoms with Crippen LogP contribution in [0.4, 0.5) is 11.4 Å². The quantitative estimate of drug-likeness (QED) is 0.345. The summed E-state index contributed by atoms with van der Waals surface area (Å²) >= 11 is 6.17. The lowest BCUT2D eigenvalue weighted by Gasteiger charge is -2.36. The predicted octanol–water partition coefficient (Wildman–Crippen LogP) is 5.68. The van der Waals surface area contributed by atoms with Crippen molar-refractivity contribution in [1.82, 2.24) is 4.90 Å². The van der Waals surface area contributed by atoms with Crippen molar-refractivity contribution < 1.29 is 14.3 Å². The number of benzene rings is 3. The van der Waals surface area contributed by atoms with E-state index in [1.165, 1.54) is 11.3 Å². The Morgan fingerprint density at radius 3 is 2.35 bits per heavy atom. The molecule has 2 heterocycles. The number of fused-ring (bicyclic) bond motifs is 1. The summed E-state index contributed by atoms with van der Waals surface area (Å²) in [5, 5.41) is 3.76. The standard InChI is InChI=1S/C32H37ClN4O3/c1-3-39-29-20-27-28(21-30(29)40-4-2)35-31(38)22-34-32(27)24-12-10-23(11-13-24)7-6-14-36-15-17-37(18-16-36)26-9-5-8-25(33)19-26/h5,8-13,19-21H,3-4,6-7,14-18,22H2,1-2H3,(H,35,38). The molecule has 3 aromatic carbocycles. The van der Waals surface area contributed by atoms with Gasteiger partial charge in [0.1, 0.15) is 6.54 Å². The second kappa shape index (κ2) is 13.2. The third-order valence-corrected chi connectivity index (χ3v) is 7.54. The number of nitrogens with zero attached hydrogens (tertiary/aromatic N) is 3. The van der Waals surface area contributed by atoms with Crippen molar-refractivity contribution in [2.75, 3.05) is 62.7 Å². The Morgan fingerprint density at radius 2 is 1.65 bits per heavy atom. The molecule has 3 aromatic rings. The van der Waals surface area contributed by atoms with Gasteiger partial charge in [-0.1, -0.05) is 41.9 Å². The van der Waals surface area contributed by atoms with Crippen LogP contribution in [0.2, 0.25) is 5.02 Å². The summed E-state index contributed by atoms with van der Waals surface area (Å²) < 4.78 is 11.6. The Bertz CT molecular complexity index is 1350. The number of carbonyl (C=O) groups excluding carboxylic acids is 1. The van der Waals surface area contributed by atoms with E-state index in [1.54, 1.807) is 0 Å². The van der Waals surface area contributed by atoms with Crippen molar-refractivity contribution in [2.24, 2.45) is 4.99 Å². The van der Waals surface area contributed by atoms with E-state index in [-0.39, 0.29) is 12.5 Å². The summed E-state index contributed by atoms with van der Waals surface area (Å²) in [7, 11) is 0. The molecule has 1 fully saturated rings. The molecule has 0 bridgehead atoms.